The third-order valence-corrected chi connectivity index (χ3v) is 6.38. The van der Waals surface area contributed by atoms with E-state index in [4.69, 9.17) is 5.26 Å². The fraction of sp³-hybridized carbons (Fsp3) is 0.263. The van der Waals surface area contributed by atoms with Gasteiger partial charge in [0.15, 0.2) is 0 Å². The molecule has 0 spiro atoms. The molecule has 1 aliphatic rings. The molecule has 7 nitrogen and oxygen atoms in total. The highest BCUT2D eigenvalue weighted by Gasteiger charge is 2.27. The molecule has 1 fully saturated rings. The number of nitrogens with one attached hydrogen (secondary N) is 1. The van der Waals surface area contributed by atoms with Gasteiger partial charge in [0.05, 0.1) is 16.5 Å². The molecule has 3 rings (SSSR count). The minimum absolute atomic E-state index is 0.176. The van der Waals surface area contributed by atoms with Gasteiger partial charge < -0.3 is 10.2 Å². The molecule has 0 atom stereocenters. The van der Waals surface area contributed by atoms with Gasteiger partial charge in [0, 0.05) is 37.4 Å². The summed E-state index contributed by atoms with van der Waals surface area (Å²) in [5.41, 5.74) is 1.30. The quantitative estimate of drug-likeness (QED) is 0.867. The number of piperazine rings is 1. The molecule has 0 bridgehead atoms. The molecule has 0 aliphatic carbocycles. The summed E-state index contributed by atoms with van der Waals surface area (Å²) in [7, 11) is -1.59. The summed E-state index contributed by atoms with van der Waals surface area (Å²) in [6, 6.07) is 14.5. The van der Waals surface area contributed by atoms with Crippen LogP contribution >= 0.6 is 0 Å². The summed E-state index contributed by atoms with van der Waals surface area (Å²) in [5.74, 6) is -0.367. The molecule has 27 heavy (non-hydrogen) atoms. The average Bonchev–Trinajstić information content (AvgIpc) is 2.68. The lowest BCUT2D eigenvalue weighted by Crippen LogP contribution is -2.47. The monoisotopic (exact) mass is 384 g/mol. The molecule has 0 radical (unpaired) electrons. The predicted octanol–water partition coefficient (Wildman–Crippen LogP) is 1.75. The fourth-order valence-electron chi connectivity index (χ4n) is 2.83. The molecule has 1 N–H and O–H groups in total. The maximum absolute atomic E-state index is 12.7. The van der Waals surface area contributed by atoms with Gasteiger partial charge in [-0.1, -0.05) is 6.07 Å². The highest BCUT2D eigenvalue weighted by Crippen LogP contribution is 2.19. The summed E-state index contributed by atoms with van der Waals surface area (Å²) in [4.78, 5) is 14.6. The minimum Gasteiger partial charge on any atom is -0.322 e. The smallest absolute Gasteiger partial charge is 0.255 e. The highest BCUT2D eigenvalue weighted by molar-refractivity contribution is 7.89. The van der Waals surface area contributed by atoms with Crippen LogP contribution in [0.2, 0.25) is 0 Å². The lowest BCUT2D eigenvalue weighted by atomic mass is 10.2. The number of carbonyl (C=O) groups excluding carboxylic acids is 1. The summed E-state index contributed by atoms with van der Waals surface area (Å²) in [5, 5.41) is 11.6. The van der Waals surface area contributed by atoms with Crippen molar-refractivity contribution in [2.75, 3.05) is 38.5 Å². The first-order valence-electron chi connectivity index (χ1n) is 8.50. The Morgan fingerprint density at radius 3 is 2.37 bits per heavy atom. The standard InChI is InChI=1S/C19H20N4O3S/c1-22-9-11-23(12-10-22)27(25,26)18-7-5-16(6-8-18)19(24)21-17-4-2-3-15(13-17)14-20/h2-8,13H,9-12H2,1H3,(H,21,24). The van der Waals surface area contributed by atoms with Crippen molar-refractivity contribution in [3.63, 3.8) is 0 Å². The molecule has 0 unspecified atom stereocenters. The van der Waals surface area contributed by atoms with Gasteiger partial charge >= 0.3 is 0 Å². The van der Waals surface area contributed by atoms with Crippen LogP contribution in [-0.4, -0.2) is 56.8 Å². The van der Waals surface area contributed by atoms with Crippen molar-refractivity contribution in [3.05, 3.63) is 59.7 Å². The number of rotatable bonds is 4. The third-order valence-electron chi connectivity index (χ3n) is 4.47. The van der Waals surface area contributed by atoms with E-state index in [-0.39, 0.29) is 10.8 Å². The topological polar surface area (TPSA) is 93.5 Å². The van der Waals surface area contributed by atoms with Crippen LogP contribution in [0.3, 0.4) is 0 Å². The number of anilines is 1. The van der Waals surface area contributed by atoms with Crippen LogP contribution in [-0.2, 0) is 10.0 Å². The number of likely N-dealkylation sites (N-methyl/N-ethyl adjacent to an activating group) is 1. The number of sulfonamides is 1. The molecule has 1 amide bonds. The van der Waals surface area contributed by atoms with E-state index < -0.39 is 10.0 Å². The zero-order valence-corrected chi connectivity index (χ0v) is 15.7. The summed E-state index contributed by atoms with van der Waals surface area (Å²) < 4.78 is 26.9. The number of carbonyl (C=O) groups is 1. The van der Waals surface area contributed by atoms with Crippen molar-refractivity contribution in [3.8, 4) is 6.07 Å². The van der Waals surface area contributed by atoms with Crippen LogP contribution in [0.25, 0.3) is 0 Å². The van der Waals surface area contributed by atoms with Crippen molar-refractivity contribution in [1.82, 2.24) is 9.21 Å². The first kappa shape index (κ1) is 19.0. The largest absolute Gasteiger partial charge is 0.322 e. The second kappa shape index (κ2) is 7.88. The number of nitriles is 1. The van der Waals surface area contributed by atoms with E-state index in [1.54, 1.807) is 24.3 Å². The van der Waals surface area contributed by atoms with Gasteiger partial charge in [0.1, 0.15) is 0 Å². The Morgan fingerprint density at radius 1 is 1.07 bits per heavy atom. The molecule has 0 aromatic heterocycles. The Labute approximate surface area is 158 Å². The highest BCUT2D eigenvalue weighted by atomic mass is 32.2. The Balaban J connectivity index is 1.72. The number of hydrogen-bond donors (Lipinski definition) is 1. The van der Waals surface area contributed by atoms with E-state index >= 15 is 0 Å². The summed E-state index contributed by atoms with van der Waals surface area (Å²) in [6.07, 6.45) is 0. The van der Waals surface area contributed by atoms with Gasteiger partial charge in [0.2, 0.25) is 10.0 Å². The van der Waals surface area contributed by atoms with Gasteiger partial charge in [-0.25, -0.2) is 8.42 Å². The zero-order valence-electron chi connectivity index (χ0n) is 14.9. The molecule has 2 aromatic carbocycles. The number of amides is 1. The van der Waals surface area contributed by atoms with Crippen molar-refractivity contribution >= 4 is 21.6 Å². The van der Waals surface area contributed by atoms with Crippen molar-refractivity contribution in [2.45, 2.75) is 4.90 Å². The minimum atomic E-state index is -3.56. The zero-order chi connectivity index (χ0) is 19.4. The van der Waals surface area contributed by atoms with Crippen molar-refractivity contribution in [2.24, 2.45) is 0 Å². The molecular weight excluding hydrogens is 364 g/mol. The van der Waals surface area contributed by atoms with E-state index in [0.29, 0.717) is 43.0 Å². The number of benzene rings is 2. The van der Waals surface area contributed by atoms with Gasteiger partial charge in [-0.3, -0.25) is 4.79 Å². The third kappa shape index (κ3) is 4.34. The van der Waals surface area contributed by atoms with Crippen LogP contribution in [0.15, 0.2) is 53.4 Å². The van der Waals surface area contributed by atoms with E-state index in [1.165, 1.54) is 28.6 Å². The Morgan fingerprint density at radius 2 is 1.74 bits per heavy atom. The molecule has 1 saturated heterocycles. The summed E-state index contributed by atoms with van der Waals surface area (Å²) in [6.45, 7) is 2.30. The summed E-state index contributed by atoms with van der Waals surface area (Å²) >= 11 is 0. The second-order valence-corrected chi connectivity index (χ2v) is 8.32. The van der Waals surface area contributed by atoms with Gasteiger partial charge in [-0.2, -0.15) is 9.57 Å². The van der Waals surface area contributed by atoms with Crippen molar-refractivity contribution in [1.29, 1.82) is 5.26 Å². The van der Waals surface area contributed by atoms with Crippen molar-refractivity contribution < 1.29 is 13.2 Å². The van der Waals surface area contributed by atoms with Crippen LogP contribution in [0, 0.1) is 11.3 Å². The second-order valence-electron chi connectivity index (χ2n) is 6.38. The maximum Gasteiger partial charge on any atom is 0.255 e. The molecule has 0 saturated carbocycles. The molecule has 140 valence electrons. The van der Waals surface area contributed by atoms with Gasteiger partial charge in [-0.15, -0.1) is 0 Å². The SMILES string of the molecule is CN1CCN(S(=O)(=O)c2ccc(C(=O)Nc3cccc(C#N)c3)cc2)CC1. The molecule has 2 aromatic rings. The Bertz CT molecular complexity index is 973. The molecule has 8 heteroatoms. The first-order valence-corrected chi connectivity index (χ1v) is 9.94. The normalized spacial score (nSPS) is 15.9. The Hall–Kier alpha value is -2.73. The van der Waals surface area contributed by atoms with Gasteiger partial charge in [0.25, 0.3) is 5.91 Å². The van der Waals surface area contributed by atoms with Crippen LogP contribution < -0.4 is 5.32 Å². The first-order chi connectivity index (χ1) is 12.9. The lowest BCUT2D eigenvalue weighted by Gasteiger charge is -2.31. The number of nitrogens with zero attached hydrogens (tertiary/aromatic N) is 3. The van der Waals surface area contributed by atoms with Crippen LogP contribution in [0.5, 0.6) is 0 Å². The molecule has 1 heterocycles. The van der Waals surface area contributed by atoms with Crippen LogP contribution in [0.4, 0.5) is 5.69 Å². The van der Waals surface area contributed by atoms with E-state index in [9.17, 15) is 13.2 Å². The predicted molar refractivity (Wildman–Crippen MR) is 102 cm³/mol. The van der Waals surface area contributed by atoms with Gasteiger partial charge in [-0.05, 0) is 49.5 Å². The maximum atomic E-state index is 12.7. The van der Waals surface area contributed by atoms with E-state index in [1.807, 2.05) is 13.1 Å². The molecular formula is C19H20N4O3S. The number of hydrogen-bond acceptors (Lipinski definition) is 5. The van der Waals surface area contributed by atoms with E-state index in [2.05, 4.69) is 10.2 Å². The average molecular weight is 384 g/mol. The lowest BCUT2D eigenvalue weighted by molar-refractivity contribution is 0.102. The molecule has 1 aliphatic heterocycles. The van der Waals surface area contributed by atoms with Crippen LogP contribution in [0.1, 0.15) is 15.9 Å². The van der Waals surface area contributed by atoms with E-state index in [0.717, 1.165) is 0 Å². The Kier molecular flexibility index (Phi) is 5.56. The fourth-order valence-corrected chi connectivity index (χ4v) is 4.25.